The monoisotopic (exact) mass is 156 g/mol. The van der Waals surface area contributed by atoms with Gasteiger partial charge in [0.05, 0.1) is 17.7 Å². The summed E-state index contributed by atoms with van der Waals surface area (Å²) in [5.41, 5.74) is 0.748. The molecule has 2 nitrogen and oxygen atoms in total. The highest BCUT2D eigenvalue weighted by atomic mass is 14.7. The van der Waals surface area contributed by atoms with Crippen LogP contribution in [-0.2, 0) is 0 Å². The molecule has 1 aromatic rings. The summed E-state index contributed by atoms with van der Waals surface area (Å²) in [5.74, 6) is 2.19. The highest BCUT2D eigenvalue weighted by Crippen LogP contribution is 2.14. The molecule has 0 spiro atoms. The van der Waals surface area contributed by atoms with Crippen molar-refractivity contribution in [3.63, 3.8) is 0 Å². The molecule has 1 aromatic heterocycles. The van der Waals surface area contributed by atoms with Crippen molar-refractivity contribution in [2.45, 2.75) is 12.3 Å². The maximum Gasteiger partial charge on any atom is 0.0993 e. The Morgan fingerprint density at radius 2 is 2.42 bits per heavy atom. The SMILES string of the molecule is C#CCC(C#N)c1ccccn1. The van der Waals surface area contributed by atoms with Crippen molar-refractivity contribution in [2.75, 3.05) is 0 Å². The molecule has 1 heterocycles. The number of nitriles is 1. The van der Waals surface area contributed by atoms with Gasteiger partial charge in [-0.2, -0.15) is 5.26 Å². The van der Waals surface area contributed by atoms with Crippen LogP contribution in [0.1, 0.15) is 18.0 Å². The van der Waals surface area contributed by atoms with E-state index >= 15 is 0 Å². The first-order valence-electron chi connectivity index (χ1n) is 3.62. The van der Waals surface area contributed by atoms with Crippen LogP contribution in [0.2, 0.25) is 0 Å². The Bertz CT molecular complexity index is 316. The topological polar surface area (TPSA) is 36.7 Å². The number of terminal acetylenes is 1. The standard InChI is InChI=1S/C10H8N2/c1-2-5-9(8-11)10-6-3-4-7-12-10/h1,3-4,6-7,9H,5H2. The lowest BCUT2D eigenvalue weighted by atomic mass is 10.0. The van der Waals surface area contributed by atoms with Crippen molar-refractivity contribution in [3.8, 4) is 18.4 Å². The van der Waals surface area contributed by atoms with Crippen molar-refractivity contribution in [1.82, 2.24) is 4.98 Å². The quantitative estimate of drug-likeness (QED) is 0.611. The molecular formula is C10H8N2. The summed E-state index contributed by atoms with van der Waals surface area (Å²) < 4.78 is 0. The van der Waals surface area contributed by atoms with Gasteiger partial charge in [0.25, 0.3) is 0 Å². The summed E-state index contributed by atoms with van der Waals surface area (Å²) in [5, 5.41) is 8.73. The minimum atomic E-state index is -0.267. The fourth-order valence-electron chi connectivity index (χ4n) is 0.916. The molecular weight excluding hydrogens is 148 g/mol. The number of pyridine rings is 1. The largest absolute Gasteiger partial charge is 0.260 e. The highest BCUT2D eigenvalue weighted by Gasteiger charge is 2.08. The summed E-state index contributed by atoms with van der Waals surface area (Å²) in [6.07, 6.45) is 7.20. The lowest BCUT2D eigenvalue weighted by molar-refractivity contribution is 0.853. The lowest BCUT2D eigenvalue weighted by Crippen LogP contribution is -1.96. The fourth-order valence-corrected chi connectivity index (χ4v) is 0.916. The summed E-state index contributed by atoms with van der Waals surface area (Å²) in [6.45, 7) is 0. The molecule has 0 fully saturated rings. The Morgan fingerprint density at radius 3 is 2.92 bits per heavy atom. The zero-order valence-electron chi connectivity index (χ0n) is 6.57. The van der Waals surface area contributed by atoms with Gasteiger partial charge in [-0.05, 0) is 12.1 Å². The van der Waals surface area contributed by atoms with Crippen LogP contribution < -0.4 is 0 Å². The van der Waals surface area contributed by atoms with E-state index in [2.05, 4.69) is 17.0 Å². The van der Waals surface area contributed by atoms with E-state index in [0.29, 0.717) is 6.42 Å². The Hall–Kier alpha value is -1.80. The van der Waals surface area contributed by atoms with Gasteiger partial charge in [0.1, 0.15) is 0 Å². The van der Waals surface area contributed by atoms with Gasteiger partial charge in [0.15, 0.2) is 0 Å². The van der Waals surface area contributed by atoms with Crippen molar-refractivity contribution < 1.29 is 0 Å². The first kappa shape index (κ1) is 8.30. The van der Waals surface area contributed by atoms with Crippen LogP contribution >= 0.6 is 0 Å². The normalized spacial score (nSPS) is 11.2. The van der Waals surface area contributed by atoms with Gasteiger partial charge < -0.3 is 0 Å². The number of hydrogen-bond donors (Lipinski definition) is 0. The van der Waals surface area contributed by atoms with Gasteiger partial charge in [-0.1, -0.05) is 6.07 Å². The van der Waals surface area contributed by atoms with E-state index in [9.17, 15) is 0 Å². The van der Waals surface area contributed by atoms with Gasteiger partial charge in [-0.15, -0.1) is 12.3 Å². The predicted molar refractivity (Wildman–Crippen MR) is 46.0 cm³/mol. The Balaban J connectivity index is 2.84. The van der Waals surface area contributed by atoms with Crippen LogP contribution in [0.5, 0.6) is 0 Å². The molecule has 0 amide bonds. The second kappa shape index (κ2) is 4.16. The van der Waals surface area contributed by atoms with E-state index in [0.717, 1.165) is 5.69 Å². The van der Waals surface area contributed by atoms with Gasteiger partial charge in [0, 0.05) is 12.6 Å². The number of nitrogens with zero attached hydrogens (tertiary/aromatic N) is 2. The molecule has 0 aliphatic heterocycles. The molecule has 0 saturated carbocycles. The van der Waals surface area contributed by atoms with E-state index in [4.69, 9.17) is 11.7 Å². The van der Waals surface area contributed by atoms with Crippen molar-refractivity contribution >= 4 is 0 Å². The predicted octanol–water partition coefficient (Wildman–Crippen LogP) is 1.71. The first-order valence-corrected chi connectivity index (χ1v) is 3.62. The average molecular weight is 156 g/mol. The van der Waals surface area contributed by atoms with Gasteiger partial charge in [-0.3, -0.25) is 4.98 Å². The minimum Gasteiger partial charge on any atom is -0.260 e. The molecule has 0 bridgehead atoms. The Morgan fingerprint density at radius 1 is 1.58 bits per heavy atom. The number of rotatable bonds is 2. The van der Waals surface area contributed by atoms with Crippen LogP contribution in [0.25, 0.3) is 0 Å². The van der Waals surface area contributed by atoms with E-state index in [-0.39, 0.29) is 5.92 Å². The third-order valence-corrected chi connectivity index (χ3v) is 1.52. The molecule has 0 aromatic carbocycles. The molecule has 1 rings (SSSR count). The zero-order valence-corrected chi connectivity index (χ0v) is 6.57. The average Bonchev–Trinajstić information content (AvgIpc) is 2.15. The van der Waals surface area contributed by atoms with E-state index in [1.165, 1.54) is 0 Å². The van der Waals surface area contributed by atoms with Crippen LogP contribution in [0, 0.1) is 23.7 Å². The number of aromatic nitrogens is 1. The third kappa shape index (κ3) is 1.84. The van der Waals surface area contributed by atoms with Gasteiger partial charge in [0.2, 0.25) is 0 Å². The smallest absolute Gasteiger partial charge is 0.0993 e. The van der Waals surface area contributed by atoms with E-state index < -0.39 is 0 Å². The molecule has 12 heavy (non-hydrogen) atoms. The molecule has 58 valence electrons. The highest BCUT2D eigenvalue weighted by molar-refractivity contribution is 5.18. The Labute approximate surface area is 71.9 Å². The zero-order chi connectivity index (χ0) is 8.81. The van der Waals surface area contributed by atoms with Crippen LogP contribution in [0.15, 0.2) is 24.4 Å². The summed E-state index contributed by atoms with van der Waals surface area (Å²) in [4.78, 5) is 4.05. The molecule has 0 aliphatic carbocycles. The van der Waals surface area contributed by atoms with Crippen molar-refractivity contribution in [1.29, 1.82) is 5.26 Å². The second-order valence-electron chi connectivity index (χ2n) is 2.34. The van der Waals surface area contributed by atoms with Crippen LogP contribution in [-0.4, -0.2) is 4.98 Å². The summed E-state index contributed by atoms with van der Waals surface area (Å²) in [7, 11) is 0. The van der Waals surface area contributed by atoms with E-state index in [1.54, 1.807) is 6.20 Å². The molecule has 1 atom stereocenters. The molecule has 0 saturated heterocycles. The summed E-state index contributed by atoms with van der Waals surface area (Å²) in [6, 6.07) is 7.59. The van der Waals surface area contributed by atoms with Crippen molar-refractivity contribution in [3.05, 3.63) is 30.1 Å². The van der Waals surface area contributed by atoms with Gasteiger partial charge in [-0.25, -0.2) is 0 Å². The number of hydrogen-bond acceptors (Lipinski definition) is 2. The maximum atomic E-state index is 8.73. The lowest BCUT2D eigenvalue weighted by Gasteiger charge is -2.02. The maximum absolute atomic E-state index is 8.73. The second-order valence-corrected chi connectivity index (χ2v) is 2.34. The van der Waals surface area contributed by atoms with Gasteiger partial charge >= 0.3 is 0 Å². The fraction of sp³-hybridized carbons (Fsp3) is 0.200. The molecule has 0 aliphatic rings. The third-order valence-electron chi connectivity index (χ3n) is 1.52. The summed E-state index contributed by atoms with van der Waals surface area (Å²) >= 11 is 0. The minimum absolute atomic E-state index is 0.267. The van der Waals surface area contributed by atoms with E-state index in [1.807, 2.05) is 18.2 Å². The van der Waals surface area contributed by atoms with Crippen LogP contribution in [0.4, 0.5) is 0 Å². The van der Waals surface area contributed by atoms with Crippen molar-refractivity contribution in [2.24, 2.45) is 0 Å². The molecule has 1 unspecified atom stereocenters. The molecule has 2 heteroatoms. The molecule has 0 N–H and O–H groups in total. The first-order chi connectivity index (χ1) is 5.88. The Kier molecular flexibility index (Phi) is 2.87. The molecule has 0 radical (unpaired) electrons. The van der Waals surface area contributed by atoms with Crippen LogP contribution in [0.3, 0.4) is 0 Å².